The zero-order valence-electron chi connectivity index (χ0n) is 20.6. The fraction of sp³-hybridized carbons (Fsp3) is 0.360. The van der Waals surface area contributed by atoms with E-state index in [0.29, 0.717) is 24.1 Å². The van der Waals surface area contributed by atoms with Gasteiger partial charge in [-0.2, -0.15) is 0 Å². The lowest BCUT2D eigenvalue weighted by molar-refractivity contribution is 0.0481. The summed E-state index contributed by atoms with van der Waals surface area (Å²) in [4.78, 5) is 46.8. The molecule has 0 saturated heterocycles. The molecule has 0 aliphatic heterocycles. The van der Waals surface area contributed by atoms with Gasteiger partial charge < -0.3 is 34.3 Å². The first-order valence-corrected chi connectivity index (χ1v) is 11.1. The summed E-state index contributed by atoms with van der Waals surface area (Å²) in [6.07, 6.45) is -0.977. The topological polar surface area (TPSA) is 138 Å². The van der Waals surface area contributed by atoms with Gasteiger partial charge in [0.05, 0.1) is 44.1 Å². The summed E-state index contributed by atoms with van der Waals surface area (Å²) in [6.45, 7) is 4.14. The smallest absolute Gasteiger partial charge is 0.412 e. The van der Waals surface area contributed by atoms with Gasteiger partial charge in [0, 0.05) is 6.54 Å². The van der Waals surface area contributed by atoms with Crippen molar-refractivity contribution in [3.05, 3.63) is 59.7 Å². The van der Waals surface area contributed by atoms with Crippen molar-refractivity contribution in [3.8, 4) is 11.5 Å². The third-order valence-electron chi connectivity index (χ3n) is 4.79. The molecule has 2 atom stereocenters. The number of esters is 2. The fourth-order valence-corrected chi connectivity index (χ4v) is 2.85. The lowest BCUT2D eigenvalue weighted by Gasteiger charge is -2.18. The molecule has 2 unspecified atom stereocenters. The Balaban J connectivity index is 1.62. The van der Waals surface area contributed by atoms with Crippen LogP contribution in [0.5, 0.6) is 11.5 Å². The van der Waals surface area contributed by atoms with Crippen molar-refractivity contribution in [3.63, 3.8) is 0 Å². The maximum atomic E-state index is 12.0. The van der Waals surface area contributed by atoms with Crippen LogP contribution in [-0.2, 0) is 14.2 Å². The van der Waals surface area contributed by atoms with Crippen LogP contribution in [0.3, 0.4) is 0 Å². The number of carbonyl (C=O) groups is 4. The van der Waals surface area contributed by atoms with E-state index in [4.69, 9.17) is 14.2 Å². The molecule has 2 aromatic rings. The average Bonchev–Trinajstić information content (AvgIpc) is 2.87. The molecule has 11 nitrogen and oxygen atoms in total. The molecule has 0 aliphatic rings. The van der Waals surface area contributed by atoms with E-state index in [1.807, 2.05) is 6.92 Å². The second kappa shape index (κ2) is 14.3. The minimum absolute atomic E-state index is 0.198. The molecule has 2 rings (SSSR count). The lowest BCUT2D eigenvalue weighted by atomic mass is 10.2. The third-order valence-corrected chi connectivity index (χ3v) is 4.79. The summed E-state index contributed by atoms with van der Waals surface area (Å²) in [7, 11) is 2.57. The van der Waals surface area contributed by atoms with Crippen molar-refractivity contribution in [2.24, 2.45) is 0 Å². The van der Waals surface area contributed by atoms with Crippen LogP contribution >= 0.6 is 0 Å². The highest BCUT2D eigenvalue weighted by Crippen LogP contribution is 2.14. The average molecular weight is 503 g/mol. The predicted octanol–water partition coefficient (Wildman–Crippen LogP) is 3.32. The lowest BCUT2D eigenvalue weighted by Crippen LogP contribution is -2.38. The number of nitrogens with one attached hydrogen (secondary N) is 2. The Morgan fingerprint density at radius 1 is 0.750 bits per heavy atom. The van der Waals surface area contributed by atoms with Crippen LogP contribution in [0.2, 0.25) is 0 Å². The first-order chi connectivity index (χ1) is 17.2. The minimum atomic E-state index is -0.659. The van der Waals surface area contributed by atoms with Crippen LogP contribution in [0.25, 0.3) is 0 Å². The van der Waals surface area contributed by atoms with E-state index in [0.717, 1.165) is 0 Å². The van der Waals surface area contributed by atoms with Crippen LogP contribution in [0.15, 0.2) is 48.5 Å². The predicted molar refractivity (Wildman–Crippen MR) is 128 cm³/mol. The van der Waals surface area contributed by atoms with Crippen LogP contribution in [0.1, 0.15) is 41.0 Å². The SMILES string of the molecule is COC(=O)c1ccc(OC(=O)NCCC(C)OCC(C)NC(=O)Oc2ccc(C(=O)OC)cc2)cc1. The number of benzene rings is 2. The van der Waals surface area contributed by atoms with Gasteiger partial charge in [-0.15, -0.1) is 0 Å². The summed E-state index contributed by atoms with van der Waals surface area (Å²) in [6, 6.07) is 11.6. The van der Waals surface area contributed by atoms with Crippen molar-refractivity contribution < 1.29 is 42.9 Å². The third kappa shape index (κ3) is 9.63. The Morgan fingerprint density at radius 2 is 1.22 bits per heavy atom. The summed E-state index contributed by atoms with van der Waals surface area (Å²) >= 11 is 0. The van der Waals surface area contributed by atoms with E-state index >= 15 is 0 Å². The molecule has 0 aliphatic carbocycles. The number of ether oxygens (including phenoxy) is 5. The number of hydrogen-bond acceptors (Lipinski definition) is 9. The molecule has 0 spiro atoms. The first-order valence-electron chi connectivity index (χ1n) is 11.1. The standard InChI is InChI=1S/C25H30N2O9/c1-16(27-25(31)36-21-11-7-19(8-12-21)23(29)33-4)15-34-17(2)13-14-26-24(30)35-20-9-5-18(6-10-20)22(28)32-3/h5-12,16-17H,13-15H2,1-4H3,(H,26,30)(H,27,31). The Labute approximate surface area is 209 Å². The van der Waals surface area contributed by atoms with Gasteiger partial charge in [-0.25, -0.2) is 19.2 Å². The van der Waals surface area contributed by atoms with E-state index in [9.17, 15) is 19.2 Å². The zero-order valence-corrected chi connectivity index (χ0v) is 20.6. The Bertz CT molecular complexity index is 1020. The molecule has 2 aromatic carbocycles. The van der Waals surface area contributed by atoms with E-state index in [2.05, 4.69) is 20.1 Å². The van der Waals surface area contributed by atoms with Crippen LogP contribution in [0.4, 0.5) is 9.59 Å². The summed E-state index contributed by atoms with van der Waals surface area (Å²) in [5.41, 5.74) is 0.695. The summed E-state index contributed by atoms with van der Waals surface area (Å²) in [5, 5.41) is 5.27. The zero-order chi connectivity index (χ0) is 26.5. The maximum Gasteiger partial charge on any atom is 0.412 e. The molecule has 2 amide bonds. The summed E-state index contributed by atoms with van der Waals surface area (Å²) < 4.78 is 25.3. The quantitative estimate of drug-likeness (QED) is 0.443. The van der Waals surface area contributed by atoms with Gasteiger partial charge in [-0.1, -0.05) is 0 Å². The second-order valence-electron chi connectivity index (χ2n) is 7.72. The van der Waals surface area contributed by atoms with Gasteiger partial charge in [0.25, 0.3) is 0 Å². The fourth-order valence-electron chi connectivity index (χ4n) is 2.85. The number of carbonyl (C=O) groups excluding carboxylic acids is 4. The maximum absolute atomic E-state index is 12.0. The molecule has 0 fully saturated rings. The molecule has 0 saturated carbocycles. The van der Waals surface area contributed by atoms with Gasteiger partial charge in [0.2, 0.25) is 0 Å². The number of amides is 2. The normalized spacial score (nSPS) is 12.0. The van der Waals surface area contributed by atoms with E-state index in [-0.39, 0.29) is 30.3 Å². The molecular weight excluding hydrogens is 472 g/mol. The highest BCUT2D eigenvalue weighted by molar-refractivity contribution is 5.90. The molecule has 0 aromatic heterocycles. The van der Waals surface area contributed by atoms with E-state index in [1.165, 1.54) is 62.8 Å². The van der Waals surface area contributed by atoms with Gasteiger partial charge in [0.1, 0.15) is 11.5 Å². The Hall–Kier alpha value is -4.12. The molecule has 11 heteroatoms. The molecule has 0 heterocycles. The van der Waals surface area contributed by atoms with Gasteiger partial charge in [-0.05, 0) is 68.8 Å². The molecule has 36 heavy (non-hydrogen) atoms. The van der Waals surface area contributed by atoms with Crippen molar-refractivity contribution in [1.29, 1.82) is 0 Å². The van der Waals surface area contributed by atoms with Gasteiger partial charge in [0.15, 0.2) is 0 Å². The largest absolute Gasteiger partial charge is 0.465 e. The number of hydrogen-bond donors (Lipinski definition) is 2. The monoisotopic (exact) mass is 502 g/mol. The molecule has 2 N–H and O–H groups in total. The van der Waals surface area contributed by atoms with Gasteiger partial charge >= 0.3 is 24.1 Å². The van der Waals surface area contributed by atoms with Gasteiger partial charge in [-0.3, -0.25) is 0 Å². The van der Waals surface area contributed by atoms with E-state index < -0.39 is 24.1 Å². The second-order valence-corrected chi connectivity index (χ2v) is 7.72. The van der Waals surface area contributed by atoms with Crippen LogP contribution < -0.4 is 20.1 Å². The molecular formula is C25H30N2O9. The molecule has 0 bridgehead atoms. The first kappa shape index (κ1) is 28.1. The Kier molecular flexibility index (Phi) is 11.2. The number of rotatable bonds is 11. The highest BCUT2D eigenvalue weighted by Gasteiger charge is 2.13. The number of methoxy groups -OCH3 is 2. The van der Waals surface area contributed by atoms with E-state index in [1.54, 1.807) is 6.92 Å². The van der Waals surface area contributed by atoms with Crippen LogP contribution in [-0.4, -0.2) is 63.6 Å². The minimum Gasteiger partial charge on any atom is -0.465 e. The molecule has 0 radical (unpaired) electrons. The van der Waals surface area contributed by atoms with Crippen molar-refractivity contribution in [1.82, 2.24) is 10.6 Å². The molecule has 194 valence electrons. The Morgan fingerprint density at radius 3 is 1.69 bits per heavy atom. The highest BCUT2D eigenvalue weighted by atomic mass is 16.6. The van der Waals surface area contributed by atoms with Crippen molar-refractivity contribution in [2.75, 3.05) is 27.4 Å². The van der Waals surface area contributed by atoms with Crippen LogP contribution in [0, 0.1) is 0 Å². The van der Waals surface area contributed by atoms with Crippen molar-refractivity contribution in [2.45, 2.75) is 32.4 Å². The summed E-state index contributed by atoms with van der Waals surface area (Å²) in [5.74, 6) is -0.396. The van der Waals surface area contributed by atoms with Crippen molar-refractivity contribution >= 4 is 24.1 Å².